The Balaban J connectivity index is 2.13. The highest BCUT2D eigenvalue weighted by molar-refractivity contribution is 7.90. The van der Waals surface area contributed by atoms with Crippen LogP contribution in [0.3, 0.4) is 0 Å². The number of benzene rings is 1. The van der Waals surface area contributed by atoms with Crippen molar-refractivity contribution in [3.05, 3.63) is 24.3 Å². The van der Waals surface area contributed by atoms with Crippen LogP contribution in [-0.2, 0) is 9.84 Å². The first-order valence-corrected chi connectivity index (χ1v) is 8.70. The minimum atomic E-state index is -4.20. The van der Waals surface area contributed by atoms with Crippen LogP contribution >= 0.6 is 0 Å². The van der Waals surface area contributed by atoms with Crippen LogP contribution in [0.5, 0.6) is 0 Å². The third-order valence-corrected chi connectivity index (χ3v) is 4.95. The van der Waals surface area contributed by atoms with E-state index >= 15 is 0 Å². The lowest BCUT2D eigenvalue weighted by Gasteiger charge is -2.34. The number of rotatable bonds is 3. The molecule has 0 amide bonds. The van der Waals surface area contributed by atoms with E-state index in [1.165, 1.54) is 24.3 Å². The maximum Gasteiger partial charge on any atom is 0.393 e. The summed E-state index contributed by atoms with van der Waals surface area (Å²) in [5, 5.41) is 2.90. The van der Waals surface area contributed by atoms with E-state index in [4.69, 9.17) is 0 Å². The van der Waals surface area contributed by atoms with E-state index in [9.17, 15) is 21.6 Å². The number of hydrogen-bond donors (Lipinski definition) is 1. The summed E-state index contributed by atoms with van der Waals surface area (Å²) in [7, 11) is -3.29. The van der Waals surface area contributed by atoms with Crippen LogP contribution in [0.25, 0.3) is 0 Å². The van der Waals surface area contributed by atoms with Gasteiger partial charge in [-0.05, 0) is 37.1 Å². The minimum Gasteiger partial charge on any atom is -0.382 e. The maximum atomic E-state index is 13.0. The first-order valence-electron chi connectivity index (χ1n) is 6.81. The minimum absolute atomic E-state index is 0.141. The van der Waals surface area contributed by atoms with Crippen LogP contribution in [0.4, 0.5) is 18.9 Å². The molecule has 118 valence electrons. The molecule has 21 heavy (non-hydrogen) atoms. The van der Waals surface area contributed by atoms with Gasteiger partial charge in [-0.3, -0.25) is 0 Å². The van der Waals surface area contributed by atoms with Gasteiger partial charge >= 0.3 is 6.18 Å². The number of hydrogen-bond acceptors (Lipinski definition) is 3. The second-order valence-corrected chi connectivity index (χ2v) is 7.50. The zero-order valence-corrected chi connectivity index (χ0v) is 12.5. The Bertz CT molecular complexity index is 581. The molecular formula is C14H18F3NO2S. The lowest BCUT2D eigenvalue weighted by molar-refractivity contribution is -0.184. The molecule has 2 unspecified atom stereocenters. The molecule has 1 aliphatic rings. The van der Waals surface area contributed by atoms with Gasteiger partial charge in [-0.15, -0.1) is 0 Å². The van der Waals surface area contributed by atoms with Crippen LogP contribution in [0.15, 0.2) is 29.2 Å². The Morgan fingerprint density at radius 3 is 2.19 bits per heavy atom. The second kappa shape index (κ2) is 5.87. The third-order valence-electron chi connectivity index (χ3n) is 3.82. The quantitative estimate of drug-likeness (QED) is 0.925. The van der Waals surface area contributed by atoms with Crippen LogP contribution in [-0.4, -0.2) is 26.9 Å². The first kappa shape index (κ1) is 16.1. The fourth-order valence-corrected chi connectivity index (χ4v) is 3.34. The summed E-state index contributed by atoms with van der Waals surface area (Å²) in [4.78, 5) is 0.157. The fraction of sp³-hybridized carbons (Fsp3) is 0.571. The summed E-state index contributed by atoms with van der Waals surface area (Å²) in [5.41, 5.74) is 0.517. The Kier molecular flexibility index (Phi) is 4.51. The van der Waals surface area contributed by atoms with Crippen LogP contribution in [0, 0.1) is 5.92 Å². The lowest BCUT2D eigenvalue weighted by atomic mass is 9.84. The number of sulfone groups is 1. The van der Waals surface area contributed by atoms with Gasteiger partial charge < -0.3 is 5.32 Å². The molecule has 0 radical (unpaired) electrons. The number of anilines is 1. The molecule has 1 saturated carbocycles. The average Bonchev–Trinajstić information content (AvgIpc) is 2.37. The maximum absolute atomic E-state index is 13.0. The Labute approximate surface area is 122 Å². The van der Waals surface area contributed by atoms with Crippen molar-refractivity contribution in [2.75, 3.05) is 11.6 Å². The molecule has 1 aliphatic carbocycles. The lowest BCUT2D eigenvalue weighted by Crippen LogP contribution is -2.41. The summed E-state index contributed by atoms with van der Waals surface area (Å²) in [6, 6.07) is 5.19. The largest absolute Gasteiger partial charge is 0.393 e. The SMILES string of the molecule is CS(=O)(=O)c1ccc(NC2CCCCC2C(F)(F)F)cc1. The topological polar surface area (TPSA) is 46.2 Å². The van der Waals surface area contributed by atoms with E-state index in [1.807, 2.05) is 0 Å². The molecule has 2 rings (SSSR count). The van der Waals surface area contributed by atoms with Crippen molar-refractivity contribution >= 4 is 15.5 Å². The van der Waals surface area contributed by atoms with Crippen molar-refractivity contribution in [1.82, 2.24) is 0 Å². The predicted octanol–water partition coefficient (Wildman–Crippen LogP) is 3.62. The van der Waals surface area contributed by atoms with Gasteiger partial charge in [0.05, 0.1) is 10.8 Å². The molecule has 1 aromatic rings. The summed E-state index contributed by atoms with van der Waals surface area (Å²) in [5.74, 6) is -1.35. The highest BCUT2D eigenvalue weighted by atomic mass is 32.2. The van der Waals surface area contributed by atoms with Crippen LogP contribution in [0.1, 0.15) is 25.7 Å². The standard InChI is InChI=1S/C14H18F3NO2S/c1-21(19,20)11-8-6-10(7-9-11)18-13-5-3-2-4-12(13)14(15,16)17/h6-9,12-13,18H,2-5H2,1H3. The normalized spacial score (nSPS) is 23.8. The van der Waals surface area contributed by atoms with Crippen LogP contribution < -0.4 is 5.32 Å². The zero-order chi connectivity index (χ0) is 15.7. The predicted molar refractivity (Wildman–Crippen MR) is 75.0 cm³/mol. The van der Waals surface area contributed by atoms with E-state index in [0.717, 1.165) is 12.7 Å². The molecule has 1 N–H and O–H groups in total. The van der Waals surface area contributed by atoms with E-state index < -0.39 is 28.0 Å². The number of alkyl halides is 3. The van der Waals surface area contributed by atoms with Gasteiger partial charge in [0.2, 0.25) is 0 Å². The molecule has 0 aromatic heterocycles. The molecule has 1 fully saturated rings. The molecule has 0 spiro atoms. The van der Waals surface area contributed by atoms with Crippen molar-refractivity contribution in [2.45, 2.75) is 42.8 Å². The zero-order valence-electron chi connectivity index (χ0n) is 11.7. The Hall–Kier alpha value is -1.24. The van der Waals surface area contributed by atoms with E-state index in [0.29, 0.717) is 18.5 Å². The molecule has 2 atom stereocenters. The molecule has 3 nitrogen and oxygen atoms in total. The highest BCUT2D eigenvalue weighted by Gasteiger charge is 2.45. The molecular weight excluding hydrogens is 303 g/mol. The number of nitrogens with one attached hydrogen (secondary N) is 1. The molecule has 0 bridgehead atoms. The fourth-order valence-electron chi connectivity index (χ4n) is 2.71. The molecule has 0 saturated heterocycles. The first-order chi connectivity index (χ1) is 9.68. The molecule has 0 heterocycles. The average molecular weight is 321 g/mol. The van der Waals surface area contributed by atoms with Crippen molar-refractivity contribution in [3.63, 3.8) is 0 Å². The summed E-state index contributed by atoms with van der Waals surface area (Å²) >= 11 is 0. The van der Waals surface area contributed by atoms with Gasteiger partial charge in [0.15, 0.2) is 9.84 Å². The number of halogens is 3. The monoisotopic (exact) mass is 321 g/mol. The third kappa shape index (κ3) is 4.12. The van der Waals surface area contributed by atoms with Gasteiger partial charge in [0.1, 0.15) is 0 Å². The van der Waals surface area contributed by atoms with E-state index in [-0.39, 0.29) is 11.3 Å². The molecule has 1 aromatic carbocycles. The Morgan fingerprint density at radius 1 is 1.10 bits per heavy atom. The molecule has 7 heteroatoms. The van der Waals surface area contributed by atoms with Gasteiger partial charge in [0, 0.05) is 18.0 Å². The van der Waals surface area contributed by atoms with Gasteiger partial charge in [-0.25, -0.2) is 8.42 Å². The smallest absolute Gasteiger partial charge is 0.382 e. The molecule has 0 aliphatic heterocycles. The highest BCUT2D eigenvalue weighted by Crippen LogP contribution is 2.39. The van der Waals surface area contributed by atoms with E-state index in [2.05, 4.69) is 5.32 Å². The van der Waals surface area contributed by atoms with Gasteiger partial charge in [-0.1, -0.05) is 12.8 Å². The summed E-state index contributed by atoms with van der Waals surface area (Å²) < 4.78 is 61.7. The van der Waals surface area contributed by atoms with Crippen molar-refractivity contribution in [1.29, 1.82) is 0 Å². The van der Waals surface area contributed by atoms with E-state index in [1.54, 1.807) is 0 Å². The van der Waals surface area contributed by atoms with Gasteiger partial charge in [-0.2, -0.15) is 13.2 Å². The van der Waals surface area contributed by atoms with Crippen molar-refractivity contribution in [3.8, 4) is 0 Å². The summed E-state index contributed by atoms with van der Waals surface area (Å²) in [6.07, 6.45) is -1.14. The van der Waals surface area contributed by atoms with Gasteiger partial charge in [0.25, 0.3) is 0 Å². The second-order valence-electron chi connectivity index (χ2n) is 5.48. The summed E-state index contributed by atoms with van der Waals surface area (Å²) in [6.45, 7) is 0. The van der Waals surface area contributed by atoms with Crippen molar-refractivity contribution < 1.29 is 21.6 Å². The van der Waals surface area contributed by atoms with Crippen molar-refractivity contribution in [2.24, 2.45) is 5.92 Å². The Morgan fingerprint density at radius 2 is 1.67 bits per heavy atom. The van der Waals surface area contributed by atoms with Crippen LogP contribution in [0.2, 0.25) is 0 Å².